The Morgan fingerprint density at radius 1 is 1.16 bits per heavy atom. The quantitative estimate of drug-likeness (QED) is 0.753. The van der Waals surface area contributed by atoms with Gasteiger partial charge in [-0.25, -0.2) is 0 Å². The molecule has 0 unspecified atom stereocenters. The van der Waals surface area contributed by atoms with Crippen LogP contribution in [-0.4, -0.2) is 15.8 Å². The van der Waals surface area contributed by atoms with Crippen molar-refractivity contribution in [2.45, 2.75) is 26.6 Å². The standard InChI is InChI=1S/C20H19N3OS/c1-13-6-3-9-17(14(13)2)22-19-18-16(8-4-10-21-18)20(24)23(19)12-15-7-5-11-25-15/h3-11,19,22H,12H2,1-2H3/t19-/m0/s1. The third-order valence-electron chi connectivity index (χ3n) is 4.70. The summed E-state index contributed by atoms with van der Waals surface area (Å²) in [5, 5.41) is 5.58. The third-order valence-corrected chi connectivity index (χ3v) is 5.56. The zero-order chi connectivity index (χ0) is 17.4. The number of amides is 1. The molecule has 1 aromatic carbocycles. The van der Waals surface area contributed by atoms with Crippen LogP contribution in [0.2, 0.25) is 0 Å². The van der Waals surface area contributed by atoms with E-state index in [-0.39, 0.29) is 12.1 Å². The van der Waals surface area contributed by atoms with E-state index in [2.05, 4.69) is 42.3 Å². The second-order valence-corrected chi connectivity index (χ2v) is 7.28. The van der Waals surface area contributed by atoms with Crippen molar-refractivity contribution in [1.82, 2.24) is 9.88 Å². The van der Waals surface area contributed by atoms with Crippen molar-refractivity contribution in [3.63, 3.8) is 0 Å². The molecular formula is C20H19N3OS. The third kappa shape index (κ3) is 2.81. The first-order valence-corrected chi connectivity index (χ1v) is 9.14. The molecule has 0 aliphatic carbocycles. The van der Waals surface area contributed by atoms with E-state index in [1.807, 2.05) is 34.5 Å². The van der Waals surface area contributed by atoms with Crippen LogP contribution < -0.4 is 5.32 Å². The minimum atomic E-state index is -0.258. The Bertz CT molecular complexity index is 920. The predicted octanol–water partition coefficient (Wildman–Crippen LogP) is 4.53. The lowest BCUT2D eigenvalue weighted by atomic mass is 10.1. The summed E-state index contributed by atoms with van der Waals surface area (Å²) in [7, 11) is 0. The maximum atomic E-state index is 12.9. The van der Waals surface area contributed by atoms with Gasteiger partial charge in [0.25, 0.3) is 5.91 Å². The number of hydrogen-bond donors (Lipinski definition) is 1. The molecule has 4 rings (SSSR count). The Hall–Kier alpha value is -2.66. The lowest BCUT2D eigenvalue weighted by Crippen LogP contribution is -2.32. The van der Waals surface area contributed by atoms with Gasteiger partial charge in [0.2, 0.25) is 0 Å². The molecule has 5 heteroatoms. The number of nitrogens with one attached hydrogen (secondary N) is 1. The first kappa shape index (κ1) is 15.8. The van der Waals surface area contributed by atoms with Gasteiger partial charge in [-0.15, -0.1) is 11.3 Å². The number of aryl methyl sites for hydroxylation is 1. The lowest BCUT2D eigenvalue weighted by molar-refractivity contribution is 0.0729. The maximum Gasteiger partial charge on any atom is 0.258 e. The summed E-state index contributed by atoms with van der Waals surface area (Å²) < 4.78 is 0. The zero-order valence-corrected chi connectivity index (χ0v) is 15.0. The Balaban J connectivity index is 1.73. The molecule has 0 bridgehead atoms. The van der Waals surface area contributed by atoms with Gasteiger partial charge in [0.05, 0.1) is 17.8 Å². The number of rotatable bonds is 4. The number of fused-ring (bicyclic) bond motifs is 1. The lowest BCUT2D eigenvalue weighted by Gasteiger charge is -2.27. The van der Waals surface area contributed by atoms with Gasteiger partial charge in [-0.2, -0.15) is 0 Å². The van der Waals surface area contributed by atoms with Crippen molar-refractivity contribution in [2.75, 3.05) is 5.32 Å². The molecule has 0 saturated heterocycles. The van der Waals surface area contributed by atoms with Crippen molar-refractivity contribution < 1.29 is 4.79 Å². The molecule has 1 N–H and O–H groups in total. The summed E-state index contributed by atoms with van der Waals surface area (Å²) in [6.45, 7) is 4.77. The Kier molecular flexibility index (Phi) is 4.01. The topological polar surface area (TPSA) is 45.2 Å². The van der Waals surface area contributed by atoms with Crippen LogP contribution in [0.1, 0.15) is 38.2 Å². The van der Waals surface area contributed by atoms with E-state index in [0.717, 1.165) is 16.3 Å². The van der Waals surface area contributed by atoms with Gasteiger partial charge in [0.15, 0.2) is 0 Å². The van der Waals surface area contributed by atoms with Gasteiger partial charge in [-0.05, 0) is 54.6 Å². The van der Waals surface area contributed by atoms with E-state index in [1.54, 1.807) is 17.5 Å². The van der Waals surface area contributed by atoms with E-state index in [4.69, 9.17) is 0 Å². The second kappa shape index (κ2) is 6.33. The van der Waals surface area contributed by atoms with E-state index in [9.17, 15) is 4.79 Å². The van der Waals surface area contributed by atoms with Gasteiger partial charge in [-0.1, -0.05) is 18.2 Å². The summed E-state index contributed by atoms with van der Waals surface area (Å²) in [5.74, 6) is 0.0271. The van der Waals surface area contributed by atoms with E-state index < -0.39 is 0 Å². The number of hydrogen-bond acceptors (Lipinski definition) is 4. The van der Waals surface area contributed by atoms with Crippen molar-refractivity contribution >= 4 is 22.9 Å². The van der Waals surface area contributed by atoms with Crippen LogP contribution in [0.4, 0.5) is 5.69 Å². The van der Waals surface area contributed by atoms with Gasteiger partial charge >= 0.3 is 0 Å². The van der Waals surface area contributed by atoms with E-state index in [0.29, 0.717) is 12.1 Å². The number of nitrogens with zero attached hydrogens (tertiary/aromatic N) is 2. The van der Waals surface area contributed by atoms with Crippen molar-refractivity contribution in [3.8, 4) is 0 Å². The minimum absolute atomic E-state index is 0.0271. The highest BCUT2D eigenvalue weighted by atomic mass is 32.1. The summed E-state index contributed by atoms with van der Waals surface area (Å²) in [5.41, 5.74) is 4.93. The first-order chi connectivity index (χ1) is 12.1. The molecule has 4 nitrogen and oxygen atoms in total. The monoisotopic (exact) mass is 349 g/mol. The SMILES string of the molecule is Cc1cccc(N[C@@H]2c3ncccc3C(=O)N2Cc2cccs2)c1C. The molecule has 0 radical (unpaired) electrons. The first-order valence-electron chi connectivity index (χ1n) is 8.26. The fraction of sp³-hybridized carbons (Fsp3) is 0.200. The molecular weight excluding hydrogens is 330 g/mol. The van der Waals surface area contributed by atoms with Crippen LogP contribution in [-0.2, 0) is 6.54 Å². The molecule has 25 heavy (non-hydrogen) atoms. The molecule has 3 aromatic rings. The number of carbonyl (C=O) groups excluding carboxylic acids is 1. The molecule has 0 saturated carbocycles. The summed E-state index contributed by atoms with van der Waals surface area (Å²) in [4.78, 5) is 20.5. The van der Waals surface area contributed by atoms with Crippen molar-refractivity contribution in [1.29, 1.82) is 0 Å². The molecule has 2 aromatic heterocycles. The molecule has 1 atom stereocenters. The highest BCUT2D eigenvalue weighted by Crippen LogP contribution is 2.35. The largest absolute Gasteiger partial charge is 0.360 e. The number of thiophene rings is 1. The Morgan fingerprint density at radius 2 is 2.04 bits per heavy atom. The number of aromatic nitrogens is 1. The number of anilines is 1. The van der Waals surface area contributed by atoms with E-state index in [1.165, 1.54) is 11.1 Å². The number of carbonyl (C=O) groups is 1. The molecule has 3 heterocycles. The number of pyridine rings is 1. The van der Waals surface area contributed by atoms with E-state index >= 15 is 0 Å². The molecule has 126 valence electrons. The van der Waals surface area contributed by atoms with Crippen LogP contribution in [0, 0.1) is 13.8 Å². The summed E-state index contributed by atoms with van der Waals surface area (Å²) in [6, 6.07) is 13.9. The zero-order valence-electron chi connectivity index (χ0n) is 14.2. The minimum Gasteiger partial charge on any atom is -0.360 e. The molecule has 1 aliphatic heterocycles. The molecule has 0 fully saturated rings. The fourth-order valence-corrected chi connectivity index (χ4v) is 3.87. The summed E-state index contributed by atoms with van der Waals surface area (Å²) in [6.07, 6.45) is 1.49. The van der Waals surface area contributed by atoms with Gasteiger partial charge in [0, 0.05) is 16.8 Å². The fourth-order valence-electron chi connectivity index (χ4n) is 3.17. The van der Waals surface area contributed by atoms with Gasteiger partial charge in [-0.3, -0.25) is 9.78 Å². The van der Waals surface area contributed by atoms with Crippen LogP contribution in [0.3, 0.4) is 0 Å². The van der Waals surface area contributed by atoms with Crippen LogP contribution in [0.15, 0.2) is 54.0 Å². The average molecular weight is 349 g/mol. The highest BCUT2D eigenvalue weighted by Gasteiger charge is 2.38. The Morgan fingerprint density at radius 3 is 2.84 bits per heavy atom. The normalized spacial score (nSPS) is 16.2. The average Bonchev–Trinajstić information content (AvgIpc) is 3.22. The Labute approximate surface area is 151 Å². The van der Waals surface area contributed by atoms with Crippen LogP contribution in [0.5, 0.6) is 0 Å². The van der Waals surface area contributed by atoms with Crippen LogP contribution in [0.25, 0.3) is 0 Å². The summed E-state index contributed by atoms with van der Waals surface area (Å²) >= 11 is 1.66. The number of benzene rings is 1. The van der Waals surface area contributed by atoms with Gasteiger partial charge in [0.1, 0.15) is 6.17 Å². The van der Waals surface area contributed by atoms with Crippen LogP contribution >= 0.6 is 11.3 Å². The van der Waals surface area contributed by atoms with Gasteiger partial charge < -0.3 is 10.2 Å². The predicted molar refractivity (Wildman–Crippen MR) is 101 cm³/mol. The smallest absolute Gasteiger partial charge is 0.258 e. The molecule has 0 spiro atoms. The van der Waals surface area contributed by atoms with Crippen molar-refractivity contribution in [3.05, 3.63) is 81.3 Å². The molecule has 1 amide bonds. The second-order valence-electron chi connectivity index (χ2n) is 6.24. The maximum absolute atomic E-state index is 12.9. The highest BCUT2D eigenvalue weighted by molar-refractivity contribution is 7.09. The van der Waals surface area contributed by atoms with Crippen molar-refractivity contribution in [2.24, 2.45) is 0 Å². The molecule has 1 aliphatic rings.